The van der Waals surface area contributed by atoms with Crippen molar-refractivity contribution in [2.45, 2.75) is 61.6 Å². The van der Waals surface area contributed by atoms with Crippen molar-refractivity contribution in [1.82, 2.24) is 73.9 Å². The van der Waals surface area contributed by atoms with Crippen LogP contribution >= 0.6 is 0 Å². The van der Waals surface area contributed by atoms with Crippen LogP contribution < -0.4 is 0 Å². The van der Waals surface area contributed by atoms with Crippen LogP contribution in [0.1, 0.15) is 52.2 Å². The van der Waals surface area contributed by atoms with E-state index < -0.39 is 11.7 Å². The van der Waals surface area contributed by atoms with Gasteiger partial charge in [-0.05, 0) is 152 Å². The maximum absolute atomic E-state index is 16.7. The highest BCUT2D eigenvalue weighted by Gasteiger charge is 2.37. The van der Waals surface area contributed by atoms with Gasteiger partial charge in [0.25, 0.3) is 0 Å². The lowest BCUT2D eigenvalue weighted by Crippen LogP contribution is -2.13. The first kappa shape index (κ1) is 49.5. The van der Waals surface area contributed by atoms with Crippen molar-refractivity contribution in [3.8, 4) is 79.4 Å². The van der Waals surface area contributed by atoms with E-state index in [4.69, 9.17) is 4.98 Å². The molecule has 80 heavy (non-hydrogen) atoms. The van der Waals surface area contributed by atoms with E-state index in [1.165, 1.54) is 6.07 Å². The van der Waals surface area contributed by atoms with Gasteiger partial charge in [0, 0.05) is 54.9 Å². The van der Waals surface area contributed by atoms with Gasteiger partial charge in [0.15, 0.2) is 23.3 Å². The first-order valence-corrected chi connectivity index (χ1v) is 25.7. The van der Waals surface area contributed by atoms with Crippen molar-refractivity contribution in [2.24, 2.45) is 0 Å². The topological polar surface area (TPSA) is 177 Å². The predicted octanol–water partition coefficient (Wildman–Crippen LogP) is 13.5. The molecule has 13 rings (SSSR count). The number of benzene rings is 6. The molecule has 13 aromatic rings. The van der Waals surface area contributed by atoms with Crippen LogP contribution in [-0.4, -0.2) is 73.9 Å². The highest BCUT2D eigenvalue weighted by Crippen LogP contribution is 2.46. The van der Waals surface area contributed by atoms with Crippen LogP contribution in [0.5, 0.6) is 0 Å². The van der Waals surface area contributed by atoms with Crippen molar-refractivity contribution >= 4 is 43.6 Å². The molecule has 0 atom stereocenters. The van der Waals surface area contributed by atoms with Crippen LogP contribution in [0.2, 0.25) is 0 Å². The van der Waals surface area contributed by atoms with Gasteiger partial charge in [-0.15, -0.1) is 0 Å². The van der Waals surface area contributed by atoms with Crippen molar-refractivity contribution in [2.75, 3.05) is 0 Å². The number of halogens is 3. The molecular formula is C62H46F3N15. The molecule has 18 heteroatoms. The van der Waals surface area contributed by atoms with Crippen molar-refractivity contribution < 1.29 is 13.2 Å². The monoisotopic (exact) mass is 1060 g/mol. The Kier molecular flexibility index (Phi) is 11.6. The van der Waals surface area contributed by atoms with Gasteiger partial charge in [-0.2, -0.15) is 13.2 Å². The molecule has 0 unspecified atom stereocenters. The molecule has 0 fully saturated rings. The highest BCUT2D eigenvalue weighted by molar-refractivity contribution is 6.13. The Hall–Kier alpha value is -10.1. The molecule has 390 valence electrons. The lowest BCUT2D eigenvalue weighted by Gasteiger charge is -2.22. The molecule has 0 saturated carbocycles. The summed E-state index contributed by atoms with van der Waals surface area (Å²) in [5, 5.41) is 2.77. The summed E-state index contributed by atoms with van der Waals surface area (Å²) >= 11 is 0. The summed E-state index contributed by atoms with van der Waals surface area (Å²) in [6, 6.07) is 40.9. The molecule has 0 amide bonds. The number of aromatic nitrogens is 15. The number of hydrogen-bond acceptors (Lipinski definition) is 13. The van der Waals surface area contributed by atoms with Gasteiger partial charge in [0.05, 0.1) is 50.4 Å². The molecule has 0 saturated heterocycles. The van der Waals surface area contributed by atoms with E-state index in [9.17, 15) is 0 Å². The third-order valence-electron chi connectivity index (χ3n) is 14.0. The summed E-state index contributed by atoms with van der Waals surface area (Å²) in [5.41, 5.74) is 6.58. The Labute approximate surface area is 455 Å². The zero-order valence-corrected chi connectivity index (χ0v) is 44.5. The SMILES string of the molecule is Cc1nc(C)nc(-c2ccc3c(c2)c2cc(-c4nc(C)nc(C)n4)ccc2n3-c2cc(C(F)(F)F)c(-n3c4ccc(-c5nc(C)nc(C)n5)cc4c4cc(-c5nc(C)nc(C)n5)ccc43)cc2-c2cccc(-c3ccccc3)n2)n1. The second-order valence-corrected chi connectivity index (χ2v) is 19.8. The molecule has 0 aliphatic rings. The Morgan fingerprint density at radius 3 is 0.988 bits per heavy atom. The standard InChI is InChI=1S/C62H46F3N15/c1-31-66-32(2)71-58(70-31)40-17-21-52-44(25-40)45-26-41(59-72-33(3)67-34(4)73-59)18-22-53(45)79(52)56-30-49(62(63,64)65)57(29-48(56)51-16-12-15-50(78-51)39-13-10-9-11-14-39)80-54-23-19-42(60-74-35(5)68-36(6)75-60)27-46(54)47-28-43(20-24-55(47)80)61-76-37(7)69-38(8)77-61/h9-30H,1-8H3. The van der Waals surface area contributed by atoms with Crippen LogP contribution in [0.15, 0.2) is 133 Å². The average molecular weight is 1060 g/mol. The number of fused-ring (bicyclic) bond motifs is 6. The molecule has 0 spiro atoms. The largest absolute Gasteiger partial charge is 0.418 e. The van der Waals surface area contributed by atoms with Gasteiger partial charge in [-0.1, -0.05) is 36.4 Å². The molecule has 15 nitrogen and oxygen atoms in total. The van der Waals surface area contributed by atoms with Crippen LogP contribution in [0, 0.1) is 55.4 Å². The van der Waals surface area contributed by atoms with Gasteiger partial charge < -0.3 is 9.13 Å². The van der Waals surface area contributed by atoms with Gasteiger partial charge >= 0.3 is 6.18 Å². The van der Waals surface area contributed by atoms with Crippen LogP contribution in [0.25, 0.3) is 123 Å². The van der Waals surface area contributed by atoms with Gasteiger partial charge in [0.1, 0.15) is 46.6 Å². The molecule has 7 aromatic heterocycles. The molecule has 0 aliphatic heterocycles. The Balaban J connectivity index is 1.14. The van der Waals surface area contributed by atoms with E-state index in [1.54, 1.807) is 38.3 Å². The maximum atomic E-state index is 16.7. The second kappa shape index (κ2) is 18.8. The quantitative estimate of drug-likeness (QED) is 0.141. The minimum Gasteiger partial charge on any atom is -0.309 e. The first-order valence-electron chi connectivity index (χ1n) is 25.7. The molecule has 0 bridgehead atoms. The number of pyridine rings is 1. The molecule has 7 heterocycles. The van der Waals surface area contributed by atoms with Crippen LogP contribution in [0.4, 0.5) is 13.2 Å². The summed E-state index contributed by atoms with van der Waals surface area (Å²) in [4.78, 5) is 60.3. The summed E-state index contributed by atoms with van der Waals surface area (Å²) in [6.45, 7) is 14.4. The first-order chi connectivity index (χ1) is 38.5. The fourth-order valence-electron chi connectivity index (χ4n) is 10.8. The van der Waals surface area contributed by atoms with E-state index in [0.717, 1.165) is 16.3 Å². The minimum atomic E-state index is -4.90. The number of aryl methyl sites for hydroxylation is 8. The molecule has 0 aliphatic carbocycles. The zero-order chi connectivity index (χ0) is 55.3. The predicted molar refractivity (Wildman–Crippen MR) is 302 cm³/mol. The molecule has 6 aromatic carbocycles. The average Bonchev–Trinajstić information content (AvgIpc) is 3.95. The maximum Gasteiger partial charge on any atom is 0.418 e. The Morgan fingerprint density at radius 2 is 0.637 bits per heavy atom. The minimum absolute atomic E-state index is 0.117. The van der Waals surface area contributed by atoms with Gasteiger partial charge in [0.2, 0.25) is 0 Å². The van der Waals surface area contributed by atoms with E-state index in [-0.39, 0.29) is 11.4 Å². The summed E-state index contributed by atoms with van der Waals surface area (Å²) in [7, 11) is 0. The number of rotatable bonds is 8. The fourth-order valence-corrected chi connectivity index (χ4v) is 10.8. The van der Waals surface area contributed by atoms with Gasteiger partial charge in [-0.3, -0.25) is 0 Å². The van der Waals surface area contributed by atoms with Crippen LogP contribution in [0.3, 0.4) is 0 Å². The van der Waals surface area contributed by atoms with Crippen molar-refractivity contribution in [3.05, 3.63) is 186 Å². The van der Waals surface area contributed by atoms with E-state index in [1.807, 2.05) is 154 Å². The van der Waals surface area contributed by atoms with E-state index in [0.29, 0.717) is 142 Å². The number of alkyl halides is 3. The lowest BCUT2D eigenvalue weighted by molar-refractivity contribution is -0.137. The summed E-state index contributed by atoms with van der Waals surface area (Å²) in [5.74, 6) is 6.17. The van der Waals surface area contributed by atoms with E-state index in [2.05, 4.69) is 59.8 Å². The van der Waals surface area contributed by atoms with Crippen molar-refractivity contribution in [3.63, 3.8) is 0 Å². The fraction of sp³-hybridized carbons (Fsp3) is 0.145. The molecular weight excluding hydrogens is 1010 g/mol. The third kappa shape index (κ3) is 8.79. The van der Waals surface area contributed by atoms with Gasteiger partial charge in [-0.25, -0.2) is 64.8 Å². The summed E-state index contributed by atoms with van der Waals surface area (Å²) in [6.07, 6.45) is -4.90. The van der Waals surface area contributed by atoms with Crippen molar-refractivity contribution in [1.29, 1.82) is 0 Å². The number of nitrogens with zero attached hydrogens (tertiary/aromatic N) is 15. The number of hydrogen-bond donors (Lipinski definition) is 0. The smallest absolute Gasteiger partial charge is 0.309 e. The lowest BCUT2D eigenvalue weighted by atomic mass is 10.0. The van der Waals surface area contributed by atoms with Crippen LogP contribution in [-0.2, 0) is 6.18 Å². The zero-order valence-electron chi connectivity index (χ0n) is 44.5. The Bertz CT molecular complexity index is 4400. The normalized spacial score (nSPS) is 11.9. The molecule has 0 N–H and O–H groups in total. The van der Waals surface area contributed by atoms with E-state index >= 15 is 13.2 Å². The highest BCUT2D eigenvalue weighted by atomic mass is 19.4. The molecule has 0 radical (unpaired) electrons. The Morgan fingerprint density at radius 1 is 0.300 bits per heavy atom. The summed E-state index contributed by atoms with van der Waals surface area (Å²) < 4.78 is 53.7. The second-order valence-electron chi connectivity index (χ2n) is 19.8. The third-order valence-corrected chi connectivity index (χ3v) is 14.0.